The first-order valence-electron chi connectivity index (χ1n) is 10.9. The lowest BCUT2D eigenvalue weighted by atomic mass is 9.86. The summed E-state index contributed by atoms with van der Waals surface area (Å²) in [6.45, 7) is 8.11. The zero-order chi connectivity index (χ0) is 25.3. The first kappa shape index (κ1) is 23.8. The second-order valence-electron chi connectivity index (χ2n) is 9.08. The van der Waals surface area contributed by atoms with E-state index in [0.29, 0.717) is 16.9 Å². The fraction of sp³-hybridized carbons (Fsp3) is 0.240. The van der Waals surface area contributed by atoms with Gasteiger partial charge in [0.2, 0.25) is 0 Å². The van der Waals surface area contributed by atoms with Crippen LogP contribution in [-0.2, 0) is 10.3 Å². The zero-order valence-corrected chi connectivity index (χ0v) is 20.1. The van der Waals surface area contributed by atoms with E-state index >= 15 is 0 Å². The van der Waals surface area contributed by atoms with Gasteiger partial charge in [0, 0.05) is 18.0 Å². The number of hydrogen-bond donors (Lipinski definition) is 1. The van der Waals surface area contributed by atoms with Gasteiger partial charge < -0.3 is 5.11 Å². The van der Waals surface area contributed by atoms with Crippen LogP contribution in [0.2, 0.25) is 0 Å². The van der Waals surface area contributed by atoms with Gasteiger partial charge in [-0.05, 0) is 59.9 Å². The fourth-order valence-corrected chi connectivity index (χ4v) is 3.59. The van der Waals surface area contributed by atoms with E-state index in [1.807, 2.05) is 37.4 Å². The highest BCUT2D eigenvalue weighted by molar-refractivity contribution is 6.05. The number of hydroxylamine groups is 1. The topological polar surface area (TPSA) is 115 Å². The third-order valence-corrected chi connectivity index (χ3v) is 5.55. The molecule has 0 atom stereocenters. The molecule has 4 rings (SSSR count). The Balaban J connectivity index is 1.76. The van der Waals surface area contributed by atoms with Crippen LogP contribution in [0.3, 0.4) is 0 Å². The Morgan fingerprint density at radius 1 is 1.09 bits per heavy atom. The van der Waals surface area contributed by atoms with Gasteiger partial charge in [-0.2, -0.15) is 10.2 Å². The van der Waals surface area contributed by atoms with Crippen LogP contribution in [0, 0.1) is 6.92 Å². The van der Waals surface area contributed by atoms with E-state index in [1.165, 1.54) is 23.1 Å². The van der Waals surface area contributed by atoms with Crippen molar-refractivity contribution in [2.45, 2.75) is 33.1 Å². The molecule has 0 aliphatic heterocycles. The molecule has 0 aliphatic rings. The van der Waals surface area contributed by atoms with E-state index in [1.54, 1.807) is 29.1 Å². The number of carboxylic acid groups (broad SMARTS) is 1. The van der Waals surface area contributed by atoms with Crippen molar-refractivity contribution in [3.8, 4) is 11.4 Å². The number of aromatic carboxylic acids is 1. The van der Waals surface area contributed by atoms with E-state index < -0.39 is 11.9 Å². The van der Waals surface area contributed by atoms with Crippen molar-refractivity contribution in [1.82, 2.24) is 24.8 Å². The molecule has 0 fully saturated rings. The normalized spacial score (nSPS) is 11.5. The van der Waals surface area contributed by atoms with E-state index in [9.17, 15) is 9.59 Å². The van der Waals surface area contributed by atoms with Gasteiger partial charge in [-0.25, -0.2) is 14.2 Å². The number of carboxylic acids is 1. The van der Waals surface area contributed by atoms with Crippen molar-refractivity contribution in [3.63, 3.8) is 0 Å². The van der Waals surface area contributed by atoms with Crippen LogP contribution in [0.25, 0.3) is 11.4 Å². The molecule has 0 unspecified atom stereocenters. The van der Waals surface area contributed by atoms with Crippen molar-refractivity contribution in [2.24, 2.45) is 0 Å². The minimum absolute atomic E-state index is 0.188. The highest BCUT2D eigenvalue weighted by Crippen LogP contribution is 2.31. The lowest BCUT2D eigenvalue weighted by Crippen LogP contribution is -2.30. The summed E-state index contributed by atoms with van der Waals surface area (Å²) >= 11 is 0. The Labute approximate surface area is 202 Å². The number of carbonyl (C=O) groups is 2. The summed E-state index contributed by atoms with van der Waals surface area (Å²) in [6, 6.07) is 12.7. The Kier molecular flexibility index (Phi) is 6.23. The Morgan fingerprint density at radius 2 is 1.86 bits per heavy atom. The zero-order valence-electron chi connectivity index (χ0n) is 20.1. The summed E-state index contributed by atoms with van der Waals surface area (Å²) in [6.07, 6.45) is 4.83. The monoisotopic (exact) mass is 474 g/mol. The van der Waals surface area contributed by atoms with Gasteiger partial charge in [-0.3, -0.25) is 9.63 Å². The van der Waals surface area contributed by atoms with Gasteiger partial charge in [0.25, 0.3) is 5.91 Å². The molecule has 180 valence electrons. The molecule has 0 radical (unpaired) electrons. The number of benzene rings is 2. The molecule has 1 N–H and O–H groups in total. The third kappa shape index (κ3) is 4.82. The van der Waals surface area contributed by atoms with Gasteiger partial charge in [0.1, 0.15) is 0 Å². The smallest absolute Gasteiger partial charge is 0.358 e. The molecule has 4 aromatic rings. The molecule has 35 heavy (non-hydrogen) atoms. The Bertz CT molecular complexity index is 1390. The molecule has 2 aromatic heterocycles. The molecule has 0 bridgehead atoms. The summed E-state index contributed by atoms with van der Waals surface area (Å²) in [5.41, 5.74) is 3.63. The summed E-state index contributed by atoms with van der Waals surface area (Å²) in [7, 11) is 1.43. The van der Waals surface area contributed by atoms with Crippen molar-refractivity contribution >= 4 is 17.6 Å². The number of aromatic nitrogens is 5. The van der Waals surface area contributed by atoms with Crippen LogP contribution in [0.15, 0.2) is 61.1 Å². The van der Waals surface area contributed by atoms with E-state index in [0.717, 1.165) is 16.8 Å². The molecule has 10 heteroatoms. The molecule has 0 aliphatic carbocycles. The number of anilines is 1. The largest absolute Gasteiger partial charge is 0.476 e. The Hall–Kier alpha value is -4.31. The second kappa shape index (κ2) is 9.15. The minimum atomic E-state index is -1.18. The number of rotatable bonds is 6. The molecule has 2 heterocycles. The summed E-state index contributed by atoms with van der Waals surface area (Å²) in [5, 5.41) is 22.3. The van der Waals surface area contributed by atoms with Gasteiger partial charge in [0.15, 0.2) is 5.69 Å². The molecule has 0 spiro atoms. The molecular formula is C25H26N6O4. The van der Waals surface area contributed by atoms with Crippen LogP contribution >= 0.6 is 0 Å². The summed E-state index contributed by atoms with van der Waals surface area (Å²) in [4.78, 5) is 30.3. The predicted molar refractivity (Wildman–Crippen MR) is 129 cm³/mol. The number of carbonyl (C=O) groups excluding carboxylic acids is 1. The Morgan fingerprint density at radius 3 is 2.46 bits per heavy atom. The SMILES string of the molecule is CON(C(=O)c1ccc(C)c(-n2cc(C(=O)O)nn2)c1)c1cc(-n2cccn2)cc(C(C)(C)C)c1. The number of nitrogens with zero attached hydrogens (tertiary/aromatic N) is 6. The second-order valence-corrected chi connectivity index (χ2v) is 9.08. The molecule has 2 aromatic carbocycles. The van der Waals surface area contributed by atoms with Gasteiger partial charge >= 0.3 is 5.97 Å². The molecular weight excluding hydrogens is 448 g/mol. The van der Waals surface area contributed by atoms with Crippen LogP contribution in [0.1, 0.15) is 52.7 Å². The highest BCUT2D eigenvalue weighted by Gasteiger charge is 2.24. The number of hydrogen-bond acceptors (Lipinski definition) is 6. The number of aryl methyl sites for hydroxylation is 1. The average molecular weight is 475 g/mol. The first-order chi connectivity index (χ1) is 16.6. The van der Waals surface area contributed by atoms with Gasteiger partial charge in [-0.1, -0.05) is 32.1 Å². The van der Waals surface area contributed by atoms with Crippen LogP contribution in [0.4, 0.5) is 5.69 Å². The quantitative estimate of drug-likeness (QED) is 0.421. The molecule has 0 saturated heterocycles. The van der Waals surface area contributed by atoms with Crippen LogP contribution < -0.4 is 5.06 Å². The third-order valence-electron chi connectivity index (χ3n) is 5.55. The van der Waals surface area contributed by atoms with Crippen molar-refractivity contribution < 1.29 is 19.5 Å². The lowest BCUT2D eigenvalue weighted by molar-refractivity contribution is 0.0689. The van der Waals surface area contributed by atoms with E-state index in [2.05, 4.69) is 36.2 Å². The van der Waals surface area contributed by atoms with E-state index in [4.69, 9.17) is 9.94 Å². The summed E-state index contributed by atoms with van der Waals surface area (Å²) < 4.78 is 3.06. The maximum atomic E-state index is 13.6. The van der Waals surface area contributed by atoms with Crippen molar-refractivity contribution in [1.29, 1.82) is 0 Å². The molecule has 10 nitrogen and oxygen atoms in total. The number of amides is 1. The van der Waals surface area contributed by atoms with Gasteiger partial charge in [0.05, 0.1) is 30.4 Å². The van der Waals surface area contributed by atoms with Crippen LogP contribution in [-0.4, -0.2) is 48.9 Å². The van der Waals surface area contributed by atoms with Crippen LogP contribution in [0.5, 0.6) is 0 Å². The fourth-order valence-electron chi connectivity index (χ4n) is 3.59. The van der Waals surface area contributed by atoms with Crippen molar-refractivity contribution in [2.75, 3.05) is 12.2 Å². The maximum absolute atomic E-state index is 13.6. The first-order valence-corrected chi connectivity index (χ1v) is 10.9. The molecule has 0 saturated carbocycles. The average Bonchev–Trinajstić information content (AvgIpc) is 3.52. The van der Waals surface area contributed by atoms with Gasteiger partial charge in [-0.15, -0.1) is 5.10 Å². The standard InChI is InChI=1S/C25H26N6O4/c1-16-7-8-17(11-22(16)30-15-21(24(33)34)27-28-30)23(32)31(35-5)20-13-18(25(2,3)4)12-19(14-20)29-10-6-9-26-29/h6-15H,1-5H3,(H,33,34). The maximum Gasteiger partial charge on any atom is 0.358 e. The van der Waals surface area contributed by atoms with E-state index in [-0.39, 0.29) is 11.1 Å². The summed E-state index contributed by atoms with van der Waals surface area (Å²) in [5.74, 6) is -1.58. The minimum Gasteiger partial charge on any atom is -0.476 e. The lowest BCUT2D eigenvalue weighted by Gasteiger charge is -2.25. The van der Waals surface area contributed by atoms with Crippen molar-refractivity contribution in [3.05, 3.63) is 83.4 Å². The highest BCUT2D eigenvalue weighted by atomic mass is 16.7. The predicted octanol–water partition coefficient (Wildman–Crippen LogP) is 3.97. The molecule has 1 amide bonds.